The van der Waals surface area contributed by atoms with Crippen LogP contribution in [-0.2, 0) is 4.74 Å². The first-order chi connectivity index (χ1) is 6.29. The topological polar surface area (TPSA) is 33.6 Å². The highest BCUT2D eigenvalue weighted by Gasteiger charge is 2.30. The zero-order valence-electron chi connectivity index (χ0n) is 8.01. The molecule has 1 atom stereocenters. The van der Waals surface area contributed by atoms with Gasteiger partial charge in [-0.25, -0.2) is 0 Å². The maximum atomic E-state index is 5.37. The zero-order chi connectivity index (χ0) is 9.15. The van der Waals surface area contributed by atoms with E-state index in [-0.39, 0.29) is 5.54 Å². The van der Waals surface area contributed by atoms with Gasteiger partial charge in [0, 0.05) is 18.9 Å². The summed E-state index contributed by atoms with van der Waals surface area (Å²) in [7, 11) is 0. The molecule has 4 heteroatoms. The molecule has 1 N–H and O–H groups in total. The van der Waals surface area contributed by atoms with E-state index in [0.29, 0.717) is 0 Å². The highest BCUT2D eigenvalue weighted by Crippen LogP contribution is 2.20. The van der Waals surface area contributed by atoms with E-state index in [9.17, 15) is 0 Å². The van der Waals surface area contributed by atoms with Crippen LogP contribution < -0.4 is 5.32 Å². The lowest BCUT2D eigenvalue weighted by Gasteiger charge is -2.26. The predicted octanol–water partition coefficient (Wildman–Crippen LogP) is 1.25. The van der Waals surface area contributed by atoms with Gasteiger partial charge in [0.1, 0.15) is 0 Å². The molecule has 2 heterocycles. The molecule has 2 rings (SSSR count). The van der Waals surface area contributed by atoms with Crippen LogP contribution in [0.5, 0.6) is 0 Å². The molecule has 1 saturated heterocycles. The molecule has 1 unspecified atom stereocenters. The van der Waals surface area contributed by atoms with E-state index in [1.54, 1.807) is 0 Å². The second-order valence-electron chi connectivity index (χ2n) is 3.88. The van der Waals surface area contributed by atoms with Crippen molar-refractivity contribution in [2.75, 3.05) is 25.5 Å². The normalized spacial score (nSPS) is 34.4. The Morgan fingerprint density at radius 1 is 1.62 bits per heavy atom. The molecule has 0 spiro atoms. The molecule has 0 aromatic rings. The zero-order valence-corrected chi connectivity index (χ0v) is 8.82. The average Bonchev–Trinajstić information content (AvgIpc) is 2.54. The van der Waals surface area contributed by atoms with Crippen LogP contribution in [0.3, 0.4) is 0 Å². The number of hydrogen-bond acceptors (Lipinski definition) is 4. The van der Waals surface area contributed by atoms with Gasteiger partial charge in [-0.3, -0.25) is 4.99 Å². The molecule has 2 aliphatic heterocycles. The second kappa shape index (κ2) is 3.88. The Morgan fingerprint density at radius 3 is 3.15 bits per heavy atom. The van der Waals surface area contributed by atoms with Gasteiger partial charge in [0.15, 0.2) is 5.17 Å². The van der Waals surface area contributed by atoms with Crippen molar-refractivity contribution in [3.63, 3.8) is 0 Å². The highest BCUT2D eigenvalue weighted by molar-refractivity contribution is 8.13. The first kappa shape index (κ1) is 9.34. The molecule has 3 nitrogen and oxygen atoms in total. The van der Waals surface area contributed by atoms with E-state index in [1.807, 2.05) is 11.8 Å². The maximum Gasteiger partial charge on any atom is 0.157 e. The number of aliphatic imine (C=N–C) groups is 1. The summed E-state index contributed by atoms with van der Waals surface area (Å²) < 4.78 is 5.37. The third-order valence-corrected chi connectivity index (χ3v) is 3.42. The van der Waals surface area contributed by atoms with Gasteiger partial charge in [-0.1, -0.05) is 11.8 Å². The fourth-order valence-electron chi connectivity index (χ4n) is 1.56. The molecular formula is C9H16N2OS. The molecule has 0 aromatic carbocycles. The summed E-state index contributed by atoms with van der Waals surface area (Å²) in [6.45, 7) is 4.87. The van der Waals surface area contributed by atoms with Crippen LogP contribution in [-0.4, -0.2) is 36.2 Å². The standard InChI is InChI=1S/C9H16N2OS/c1-9(3-5-12-7-9)11-8-10-4-2-6-13-8/h2-7H2,1H3,(H,10,11). The van der Waals surface area contributed by atoms with Gasteiger partial charge >= 0.3 is 0 Å². The average molecular weight is 200 g/mol. The quantitative estimate of drug-likeness (QED) is 0.691. The van der Waals surface area contributed by atoms with Crippen molar-refractivity contribution in [1.82, 2.24) is 5.32 Å². The van der Waals surface area contributed by atoms with Crippen molar-refractivity contribution in [2.45, 2.75) is 25.3 Å². The van der Waals surface area contributed by atoms with Gasteiger partial charge in [0.25, 0.3) is 0 Å². The van der Waals surface area contributed by atoms with Gasteiger partial charge in [-0.05, 0) is 19.8 Å². The lowest BCUT2D eigenvalue weighted by Crippen LogP contribution is -2.46. The van der Waals surface area contributed by atoms with Crippen LogP contribution in [0.2, 0.25) is 0 Å². The number of rotatable bonds is 1. The monoisotopic (exact) mass is 200 g/mol. The highest BCUT2D eigenvalue weighted by atomic mass is 32.2. The van der Waals surface area contributed by atoms with Crippen molar-refractivity contribution in [1.29, 1.82) is 0 Å². The largest absolute Gasteiger partial charge is 0.379 e. The van der Waals surface area contributed by atoms with Gasteiger partial charge in [-0.2, -0.15) is 0 Å². The third-order valence-electron chi connectivity index (χ3n) is 2.42. The van der Waals surface area contributed by atoms with Crippen LogP contribution >= 0.6 is 11.8 Å². The molecule has 0 radical (unpaired) electrons. The van der Waals surface area contributed by atoms with Crippen molar-refractivity contribution >= 4 is 16.9 Å². The third kappa shape index (κ3) is 2.38. The van der Waals surface area contributed by atoms with E-state index < -0.39 is 0 Å². The Bertz CT molecular complexity index is 212. The molecule has 2 aliphatic rings. The van der Waals surface area contributed by atoms with E-state index >= 15 is 0 Å². The van der Waals surface area contributed by atoms with Crippen molar-refractivity contribution in [2.24, 2.45) is 4.99 Å². The van der Waals surface area contributed by atoms with E-state index in [1.165, 1.54) is 12.2 Å². The fraction of sp³-hybridized carbons (Fsp3) is 0.889. The number of nitrogens with zero attached hydrogens (tertiary/aromatic N) is 1. The first-order valence-corrected chi connectivity index (χ1v) is 5.80. The fourth-order valence-corrected chi connectivity index (χ4v) is 2.53. The molecule has 0 amide bonds. The van der Waals surface area contributed by atoms with Crippen LogP contribution in [0.25, 0.3) is 0 Å². The number of thioether (sulfide) groups is 1. The molecule has 0 aromatic heterocycles. The minimum atomic E-state index is 0.128. The molecule has 1 fully saturated rings. The number of ether oxygens (including phenoxy) is 1. The Balaban J connectivity index is 1.92. The number of nitrogens with one attached hydrogen (secondary N) is 1. The Kier molecular flexibility index (Phi) is 2.79. The molecule has 13 heavy (non-hydrogen) atoms. The summed E-state index contributed by atoms with van der Waals surface area (Å²) in [5.74, 6) is 1.20. The minimum Gasteiger partial charge on any atom is -0.379 e. The second-order valence-corrected chi connectivity index (χ2v) is 4.96. The van der Waals surface area contributed by atoms with Gasteiger partial charge in [-0.15, -0.1) is 0 Å². The van der Waals surface area contributed by atoms with Gasteiger partial charge < -0.3 is 10.1 Å². The first-order valence-electron chi connectivity index (χ1n) is 4.82. The summed E-state index contributed by atoms with van der Waals surface area (Å²) in [6.07, 6.45) is 2.30. The van der Waals surface area contributed by atoms with Crippen molar-refractivity contribution < 1.29 is 4.74 Å². The summed E-state index contributed by atoms with van der Waals surface area (Å²) in [6, 6.07) is 0. The van der Waals surface area contributed by atoms with Gasteiger partial charge in [0.05, 0.1) is 12.1 Å². The predicted molar refractivity (Wildman–Crippen MR) is 56.4 cm³/mol. The molecule has 0 saturated carbocycles. The molecular weight excluding hydrogens is 184 g/mol. The van der Waals surface area contributed by atoms with E-state index in [0.717, 1.165) is 31.3 Å². The lowest BCUT2D eigenvalue weighted by atomic mass is 10.0. The van der Waals surface area contributed by atoms with Crippen LogP contribution in [0.15, 0.2) is 4.99 Å². The van der Waals surface area contributed by atoms with E-state index in [2.05, 4.69) is 17.2 Å². The summed E-state index contributed by atoms with van der Waals surface area (Å²) in [5, 5.41) is 4.59. The minimum absolute atomic E-state index is 0.128. The summed E-state index contributed by atoms with van der Waals surface area (Å²) >= 11 is 1.83. The van der Waals surface area contributed by atoms with Crippen molar-refractivity contribution in [3.05, 3.63) is 0 Å². The van der Waals surface area contributed by atoms with Crippen molar-refractivity contribution in [3.8, 4) is 0 Å². The Labute approximate surface area is 83.3 Å². The Morgan fingerprint density at radius 2 is 2.54 bits per heavy atom. The lowest BCUT2D eigenvalue weighted by molar-refractivity contribution is 0.177. The number of amidine groups is 1. The molecule has 0 aliphatic carbocycles. The smallest absolute Gasteiger partial charge is 0.157 e. The SMILES string of the molecule is CC1(NC2=NCCCS2)CCOC1. The summed E-state index contributed by atoms with van der Waals surface area (Å²) in [4.78, 5) is 4.45. The van der Waals surface area contributed by atoms with Gasteiger partial charge in [0.2, 0.25) is 0 Å². The summed E-state index contributed by atoms with van der Waals surface area (Å²) in [5.41, 5.74) is 0.128. The molecule has 74 valence electrons. The van der Waals surface area contributed by atoms with Crippen LogP contribution in [0, 0.1) is 0 Å². The number of hydrogen-bond donors (Lipinski definition) is 1. The maximum absolute atomic E-state index is 5.37. The van der Waals surface area contributed by atoms with Crippen LogP contribution in [0.4, 0.5) is 0 Å². The van der Waals surface area contributed by atoms with E-state index in [4.69, 9.17) is 4.74 Å². The van der Waals surface area contributed by atoms with Crippen LogP contribution in [0.1, 0.15) is 19.8 Å². The Hall–Kier alpha value is -0.220. The molecule has 0 bridgehead atoms.